The molecule has 0 aliphatic heterocycles. The third-order valence-electron chi connectivity index (χ3n) is 4.48. The Bertz CT molecular complexity index is 948. The Kier molecular flexibility index (Phi) is 6.44. The molecule has 0 unspecified atom stereocenters. The molecule has 6 heteroatoms. The molecule has 146 valence electrons. The molecule has 0 saturated heterocycles. The Hall–Kier alpha value is -2.60. The lowest BCUT2D eigenvalue weighted by atomic mass is 9.92. The predicted molar refractivity (Wildman–Crippen MR) is 103 cm³/mol. The SMILES string of the molecule is CCCC(=O)c1c(O)c(CC=C(C)C)c(O)c2c([C@@H](O)CC)cc(=O)oc12. The first-order chi connectivity index (χ1) is 12.7. The maximum atomic E-state index is 12.7. The van der Waals surface area contributed by atoms with Crippen molar-refractivity contribution in [3.05, 3.63) is 44.8 Å². The van der Waals surface area contributed by atoms with Gasteiger partial charge in [0.25, 0.3) is 0 Å². The van der Waals surface area contributed by atoms with Crippen LogP contribution in [0.1, 0.15) is 74.5 Å². The average molecular weight is 374 g/mol. The van der Waals surface area contributed by atoms with Gasteiger partial charge in [-0.15, -0.1) is 0 Å². The minimum Gasteiger partial charge on any atom is -0.507 e. The van der Waals surface area contributed by atoms with Gasteiger partial charge in [0.1, 0.15) is 17.1 Å². The number of allylic oxidation sites excluding steroid dienone is 2. The first-order valence-corrected chi connectivity index (χ1v) is 9.11. The molecule has 1 heterocycles. The number of hydrogen-bond donors (Lipinski definition) is 3. The van der Waals surface area contributed by atoms with Crippen LogP contribution < -0.4 is 5.63 Å². The smallest absolute Gasteiger partial charge is 0.336 e. The number of ketones is 1. The highest BCUT2D eigenvalue weighted by atomic mass is 16.4. The van der Waals surface area contributed by atoms with E-state index in [0.29, 0.717) is 12.8 Å². The van der Waals surface area contributed by atoms with Crippen LogP contribution >= 0.6 is 0 Å². The molecule has 2 aromatic rings. The summed E-state index contributed by atoms with van der Waals surface area (Å²) in [5.41, 5.74) is 0.269. The van der Waals surface area contributed by atoms with Crippen molar-refractivity contribution in [3.8, 4) is 11.5 Å². The van der Waals surface area contributed by atoms with Crippen LogP contribution in [0.4, 0.5) is 0 Å². The molecule has 0 aliphatic rings. The monoisotopic (exact) mass is 374 g/mol. The van der Waals surface area contributed by atoms with E-state index < -0.39 is 11.7 Å². The number of carbonyl (C=O) groups is 1. The zero-order valence-electron chi connectivity index (χ0n) is 16.1. The van der Waals surface area contributed by atoms with Gasteiger partial charge in [0.15, 0.2) is 11.4 Å². The summed E-state index contributed by atoms with van der Waals surface area (Å²) in [5, 5.41) is 32.0. The van der Waals surface area contributed by atoms with Gasteiger partial charge in [-0.05, 0) is 33.1 Å². The summed E-state index contributed by atoms with van der Waals surface area (Å²) in [6, 6.07) is 1.12. The fourth-order valence-electron chi connectivity index (χ4n) is 3.05. The molecular weight excluding hydrogens is 348 g/mol. The van der Waals surface area contributed by atoms with E-state index in [1.165, 1.54) is 0 Å². The zero-order chi connectivity index (χ0) is 20.3. The maximum absolute atomic E-state index is 12.7. The summed E-state index contributed by atoms with van der Waals surface area (Å²) in [4.78, 5) is 24.7. The van der Waals surface area contributed by atoms with Crippen LogP contribution in [0.5, 0.6) is 11.5 Å². The minimum absolute atomic E-state index is 0.0957. The van der Waals surface area contributed by atoms with Gasteiger partial charge in [-0.1, -0.05) is 25.5 Å². The molecular formula is C21H26O6. The Morgan fingerprint density at radius 3 is 2.44 bits per heavy atom. The zero-order valence-corrected chi connectivity index (χ0v) is 16.1. The third kappa shape index (κ3) is 4.06. The highest BCUT2D eigenvalue weighted by Gasteiger charge is 2.27. The van der Waals surface area contributed by atoms with Gasteiger partial charge in [0.2, 0.25) is 0 Å². The van der Waals surface area contributed by atoms with Crippen LogP contribution in [0, 0.1) is 0 Å². The van der Waals surface area contributed by atoms with Crippen molar-refractivity contribution >= 4 is 16.8 Å². The minimum atomic E-state index is -1.02. The molecule has 1 aromatic heterocycles. The Morgan fingerprint density at radius 1 is 1.22 bits per heavy atom. The highest BCUT2D eigenvalue weighted by molar-refractivity contribution is 6.11. The number of phenolic OH excluding ortho intramolecular Hbond substituents is 2. The van der Waals surface area contributed by atoms with Crippen LogP contribution in [-0.2, 0) is 6.42 Å². The number of rotatable bonds is 7. The molecule has 6 nitrogen and oxygen atoms in total. The maximum Gasteiger partial charge on any atom is 0.336 e. The van der Waals surface area contributed by atoms with Crippen LogP contribution in [-0.4, -0.2) is 21.1 Å². The topological polar surface area (TPSA) is 108 Å². The van der Waals surface area contributed by atoms with Gasteiger partial charge < -0.3 is 19.7 Å². The number of aliphatic hydroxyl groups is 1. The molecule has 1 aromatic carbocycles. The lowest BCUT2D eigenvalue weighted by molar-refractivity contribution is 0.0979. The van der Waals surface area contributed by atoms with E-state index >= 15 is 0 Å². The summed E-state index contributed by atoms with van der Waals surface area (Å²) < 4.78 is 5.21. The van der Waals surface area contributed by atoms with Gasteiger partial charge >= 0.3 is 5.63 Å². The molecule has 1 atom stereocenters. The number of aliphatic hydroxyl groups excluding tert-OH is 1. The van der Waals surface area contributed by atoms with Crippen molar-refractivity contribution in [2.45, 2.75) is 59.5 Å². The van der Waals surface area contributed by atoms with E-state index in [-0.39, 0.29) is 57.8 Å². The standard InChI is InChI=1S/C21H26O6/c1-5-7-15(23)18-20(26)12(9-8-11(3)4)19(25)17-13(14(22)6-2)10-16(24)27-21(17)18/h8,10,14,22,25-26H,5-7,9H2,1-4H3/t14-/m0/s1. The van der Waals surface area contributed by atoms with Crippen molar-refractivity contribution in [3.63, 3.8) is 0 Å². The van der Waals surface area contributed by atoms with Crippen molar-refractivity contribution < 1.29 is 24.5 Å². The Morgan fingerprint density at radius 2 is 1.89 bits per heavy atom. The van der Waals surface area contributed by atoms with Gasteiger partial charge in [-0.2, -0.15) is 0 Å². The van der Waals surface area contributed by atoms with Crippen LogP contribution in [0.3, 0.4) is 0 Å². The summed E-state index contributed by atoms with van der Waals surface area (Å²) in [5.74, 6) is -1.06. The summed E-state index contributed by atoms with van der Waals surface area (Å²) in [7, 11) is 0. The van der Waals surface area contributed by atoms with E-state index in [1.807, 2.05) is 26.8 Å². The first-order valence-electron chi connectivity index (χ1n) is 9.11. The Balaban J connectivity index is 3.00. The number of phenols is 2. The molecule has 2 rings (SSSR count). The number of carbonyl (C=O) groups excluding carboxylic acids is 1. The second kappa shape index (κ2) is 8.39. The van der Waals surface area contributed by atoms with Crippen LogP contribution in [0.2, 0.25) is 0 Å². The fraction of sp³-hybridized carbons (Fsp3) is 0.429. The van der Waals surface area contributed by atoms with E-state index in [9.17, 15) is 24.9 Å². The lowest BCUT2D eigenvalue weighted by Crippen LogP contribution is -2.10. The molecule has 0 amide bonds. The highest BCUT2D eigenvalue weighted by Crippen LogP contribution is 2.43. The summed E-state index contributed by atoms with van der Waals surface area (Å²) in [6.07, 6.45) is 2.00. The summed E-state index contributed by atoms with van der Waals surface area (Å²) >= 11 is 0. The molecule has 0 spiro atoms. The van der Waals surface area contributed by atoms with Crippen molar-refractivity contribution in [1.29, 1.82) is 0 Å². The van der Waals surface area contributed by atoms with Gasteiger partial charge in [0, 0.05) is 23.6 Å². The predicted octanol–water partition coefficient (Wildman–Crippen LogP) is 4.14. The van der Waals surface area contributed by atoms with E-state index in [0.717, 1.165) is 11.6 Å². The third-order valence-corrected chi connectivity index (χ3v) is 4.48. The molecule has 0 fully saturated rings. The van der Waals surface area contributed by atoms with Gasteiger partial charge in [-0.25, -0.2) is 4.79 Å². The van der Waals surface area contributed by atoms with E-state index in [2.05, 4.69) is 0 Å². The Labute approximate surface area is 157 Å². The van der Waals surface area contributed by atoms with Crippen molar-refractivity contribution in [1.82, 2.24) is 0 Å². The van der Waals surface area contributed by atoms with Gasteiger partial charge in [0.05, 0.1) is 11.5 Å². The molecule has 0 radical (unpaired) electrons. The number of Topliss-reactive ketones (excluding diaryl/α,β-unsaturated/α-hetero) is 1. The first kappa shape index (κ1) is 20.7. The fourth-order valence-corrected chi connectivity index (χ4v) is 3.05. The van der Waals surface area contributed by atoms with Crippen molar-refractivity contribution in [2.75, 3.05) is 0 Å². The number of hydrogen-bond acceptors (Lipinski definition) is 6. The average Bonchev–Trinajstić information content (AvgIpc) is 2.60. The van der Waals surface area contributed by atoms with Crippen LogP contribution in [0.25, 0.3) is 11.0 Å². The molecule has 0 aliphatic carbocycles. The quantitative estimate of drug-likeness (QED) is 0.382. The molecule has 27 heavy (non-hydrogen) atoms. The van der Waals surface area contributed by atoms with Crippen molar-refractivity contribution in [2.24, 2.45) is 0 Å². The van der Waals surface area contributed by atoms with Gasteiger partial charge in [-0.3, -0.25) is 4.79 Å². The normalized spacial score (nSPS) is 12.2. The van der Waals surface area contributed by atoms with E-state index in [1.54, 1.807) is 6.92 Å². The molecule has 0 bridgehead atoms. The number of benzene rings is 1. The lowest BCUT2D eigenvalue weighted by Gasteiger charge is -2.17. The second-order valence-electron chi connectivity index (χ2n) is 6.86. The molecule has 0 saturated carbocycles. The number of aromatic hydroxyl groups is 2. The largest absolute Gasteiger partial charge is 0.507 e. The molecule has 3 N–H and O–H groups in total. The number of fused-ring (bicyclic) bond motifs is 1. The van der Waals surface area contributed by atoms with E-state index in [4.69, 9.17) is 4.42 Å². The second-order valence-corrected chi connectivity index (χ2v) is 6.86. The summed E-state index contributed by atoms with van der Waals surface area (Å²) in [6.45, 7) is 7.31. The van der Waals surface area contributed by atoms with Crippen LogP contribution in [0.15, 0.2) is 26.9 Å².